The van der Waals surface area contributed by atoms with Gasteiger partial charge < -0.3 is 0 Å². The van der Waals surface area contributed by atoms with E-state index in [2.05, 4.69) is 19.9 Å². The van der Waals surface area contributed by atoms with E-state index in [4.69, 9.17) is 5.26 Å². The van der Waals surface area contributed by atoms with Crippen LogP contribution in [0.2, 0.25) is 0 Å². The second-order valence-corrected chi connectivity index (χ2v) is 5.13. The first-order valence-corrected chi connectivity index (χ1v) is 6.58. The predicted molar refractivity (Wildman–Crippen MR) is 73.3 cm³/mol. The molecular formula is C16H21NO. The summed E-state index contributed by atoms with van der Waals surface area (Å²) in [6.45, 7) is 6.31. The number of carbonyl (C=O) groups is 1. The molecule has 0 aromatic heterocycles. The fourth-order valence-electron chi connectivity index (χ4n) is 2.04. The van der Waals surface area contributed by atoms with Gasteiger partial charge in [-0.05, 0) is 24.3 Å². The second-order valence-electron chi connectivity index (χ2n) is 5.13. The number of benzene rings is 1. The van der Waals surface area contributed by atoms with Gasteiger partial charge in [0.1, 0.15) is 0 Å². The maximum absolute atomic E-state index is 12.1. The first-order chi connectivity index (χ1) is 8.58. The van der Waals surface area contributed by atoms with E-state index >= 15 is 0 Å². The van der Waals surface area contributed by atoms with Crippen LogP contribution in [-0.4, -0.2) is 5.78 Å². The van der Waals surface area contributed by atoms with Crippen LogP contribution in [0.1, 0.15) is 49.5 Å². The van der Waals surface area contributed by atoms with E-state index in [1.54, 1.807) is 0 Å². The number of carbonyl (C=O) groups excluding carboxylic acids is 1. The first kappa shape index (κ1) is 14.4. The Morgan fingerprint density at radius 1 is 1.28 bits per heavy atom. The van der Waals surface area contributed by atoms with Crippen molar-refractivity contribution in [1.82, 2.24) is 0 Å². The van der Waals surface area contributed by atoms with Crippen molar-refractivity contribution in [3.05, 3.63) is 35.4 Å². The zero-order valence-electron chi connectivity index (χ0n) is 11.4. The van der Waals surface area contributed by atoms with E-state index in [1.807, 2.05) is 31.2 Å². The van der Waals surface area contributed by atoms with Gasteiger partial charge in [0, 0.05) is 17.9 Å². The molecule has 0 bridgehead atoms. The second kappa shape index (κ2) is 6.96. The molecule has 0 radical (unpaired) electrons. The highest BCUT2D eigenvalue weighted by Gasteiger charge is 2.17. The first-order valence-electron chi connectivity index (χ1n) is 6.58. The Labute approximate surface area is 110 Å². The molecule has 1 atom stereocenters. The summed E-state index contributed by atoms with van der Waals surface area (Å²) in [6.07, 6.45) is 2.06. The van der Waals surface area contributed by atoms with Gasteiger partial charge in [-0.2, -0.15) is 5.26 Å². The molecular weight excluding hydrogens is 222 g/mol. The van der Waals surface area contributed by atoms with E-state index in [0.29, 0.717) is 12.3 Å². The number of nitrogens with zero attached hydrogens (tertiary/aromatic N) is 1. The number of Topliss-reactive ketones (excluding diaryl/α,β-unsaturated/α-hetero) is 1. The van der Waals surface area contributed by atoms with Gasteiger partial charge in [0.15, 0.2) is 5.78 Å². The average molecular weight is 243 g/mol. The van der Waals surface area contributed by atoms with Crippen LogP contribution < -0.4 is 0 Å². The number of rotatable bonds is 6. The van der Waals surface area contributed by atoms with Crippen molar-refractivity contribution >= 4 is 5.78 Å². The number of hydrogen-bond donors (Lipinski definition) is 0. The van der Waals surface area contributed by atoms with E-state index in [1.165, 1.54) is 5.56 Å². The lowest BCUT2D eigenvalue weighted by Gasteiger charge is -2.11. The SMILES string of the molecule is CCC(CC#N)C(=O)c1ccc(CC(C)C)cc1. The molecule has 2 heteroatoms. The summed E-state index contributed by atoms with van der Waals surface area (Å²) in [5.74, 6) is 0.551. The average Bonchev–Trinajstić information content (AvgIpc) is 2.35. The van der Waals surface area contributed by atoms with Crippen molar-refractivity contribution in [2.45, 2.75) is 40.0 Å². The van der Waals surface area contributed by atoms with Crippen LogP contribution in [0.15, 0.2) is 24.3 Å². The van der Waals surface area contributed by atoms with E-state index in [9.17, 15) is 4.79 Å². The Kier molecular flexibility index (Phi) is 5.58. The highest BCUT2D eigenvalue weighted by molar-refractivity contribution is 5.97. The predicted octanol–water partition coefficient (Wildman–Crippen LogP) is 4.01. The van der Waals surface area contributed by atoms with Gasteiger partial charge in [-0.25, -0.2) is 0 Å². The van der Waals surface area contributed by atoms with Gasteiger partial charge in [-0.1, -0.05) is 45.0 Å². The Bertz CT molecular complexity index is 425. The summed E-state index contributed by atoms with van der Waals surface area (Å²) in [5.41, 5.74) is 1.99. The fraction of sp³-hybridized carbons (Fsp3) is 0.500. The van der Waals surface area contributed by atoms with Crippen LogP contribution in [0, 0.1) is 23.2 Å². The third kappa shape index (κ3) is 4.00. The van der Waals surface area contributed by atoms with Crippen LogP contribution in [0.5, 0.6) is 0 Å². The summed E-state index contributed by atoms with van der Waals surface area (Å²) in [7, 11) is 0. The Hall–Kier alpha value is -1.62. The Morgan fingerprint density at radius 3 is 2.33 bits per heavy atom. The maximum Gasteiger partial charge on any atom is 0.166 e. The molecule has 1 aromatic carbocycles. The van der Waals surface area contributed by atoms with E-state index in [-0.39, 0.29) is 11.7 Å². The summed E-state index contributed by atoms with van der Waals surface area (Å²) in [4.78, 5) is 12.1. The minimum Gasteiger partial charge on any atom is -0.294 e. The standard InChI is InChI=1S/C16H21NO/c1-4-14(9-10-17)16(18)15-7-5-13(6-8-15)11-12(2)3/h5-8,12,14H,4,9,11H2,1-3H3. The molecule has 0 saturated heterocycles. The smallest absolute Gasteiger partial charge is 0.166 e. The van der Waals surface area contributed by atoms with Gasteiger partial charge in [-0.15, -0.1) is 0 Å². The van der Waals surface area contributed by atoms with Gasteiger partial charge in [0.2, 0.25) is 0 Å². The Balaban J connectivity index is 2.78. The van der Waals surface area contributed by atoms with Gasteiger partial charge in [0.05, 0.1) is 6.07 Å². The molecule has 1 unspecified atom stereocenters. The molecule has 2 nitrogen and oxygen atoms in total. The van der Waals surface area contributed by atoms with Crippen LogP contribution >= 0.6 is 0 Å². The highest BCUT2D eigenvalue weighted by atomic mass is 16.1. The topological polar surface area (TPSA) is 40.9 Å². The summed E-state index contributed by atoms with van der Waals surface area (Å²) < 4.78 is 0. The third-order valence-electron chi connectivity index (χ3n) is 3.08. The van der Waals surface area contributed by atoms with Gasteiger partial charge in [0.25, 0.3) is 0 Å². The number of nitriles is 1. The number of ketones is 1. The van der Waals surface area contributed by atoms with E-state index in [0.717, 1.165) is 18.4 Å². The van der Waals surface area contributed by atoms with Crippen molar-refractivity contribution in [3.63, 3.8) is 0 Å². The molecule has 0 aliphatic rings. The zero-order valence-corrected chi connectivity index (χ0v) is 11.4. The minimum atomic E-state index is -0.161. The monoisotopic (exact) mass is 243 g/mol. The molecule has 0 amide bonds. The molecule has 96 valence electrons. The zero-order chi connectivity index (χ0) is 13.5. The maximum atomic E-state index is 12.1. The molecule has 0 heterocycles. The third-order valence-corrected chi connectivity index (χ3v) is 3.08. The lowest BCUT2D eigenvalue weighted by atomic mass is 9.92. The summed E-state index contributed by atoms with van der Waals surface area (Å²) >= 11 is 0. The molecule has 0 fully saturated rings. The van der Waals surface area contributed by atoms with Crippen molar-refractivity contribution in [1.29, 1.82) is 5.26 Å². The van der Waals surface area contributed by atoms with Crippen LogP contribution in [0.3, 0.4) is 0 Å². The van der Waals surface area contributed by atoms with Crippen molar-refractivity contribution in [3.8, 4) is 6.07 Å². The molecule has 0 N–H and O–H groups in total. The molecule has 0 aliphatic carbocycles. The normalized spacial score (nSPS) is 12.2. The van der Waals surface area contributed by atoms with E-state index < -0.39 is 0 Å². The van der Waals surface area contributed by atoms with Crippen molar-refractivity contribution in [2.75, 3.05) is 0 Å². The molecule has 18 heavy (non-hydrogen) atoms. The summed E-state index contributed by atoms with van der Waals surface area (Å²) in [5, 5.41) is 8.70. The fourth-order valence-corrected chi connectivity index (χ4v) is 2.04. The minimum absolute atomic E-state index is 0.0927. The molecule has 1 aromatic rings. The summed E-state index contributed by atoms with van der Waals surface area (Å²) in [6, 6.07) is 9.90. The lowest BCUT2D eigenvalue weighted by molar-refractivity contribution is 0.0918. The Morgan fingerprint density at radius 2 is 1.89 bits per heavy atom. The van der Waals surface area contributed by atoms with Crippen molar-refractivity contribution in [2.24, 2.45) is 11.8 Å². The highest BCUT2D eigenvalue weighted by Crippen LogP contribution is 2.17. The van der Waals surface area contributed by atoms with Crippen LogP contribution in [0.4, 0.5) is 0 Å². The van der Waals surface area contributed by atoms with Gasteiger partial charge >= 0.3 is 0 Å². The molecule has 1 rings (SSSR count). The molecule has 0 aliphatic heterocycles. The van der Waals surface area contributed by atoms with Gasteiger partial charge in [-0.3, -0.25) is 4.79 Å². The molecule has 0 saturated carbocycles. The molecule has 0 spiro atoms. The van der Waals surface area contributed by atoms with Crippen LogP contribution in [0.25, 0.3) is 0 Å². The largest absolute Gasteiger partial charge is 0.294 e. The van der Waals surface area contributed by atoms with Crippen LogP contribution in [-0.2, 0) is 6.42 Å². The quantitative estimate of drug-likeness (QED) is 0.708. The van der Waals surface area contributed by atoms with Crippen molar-refractivity contribution < 1.29 is 4.79 Å². The lowest BCUT2D eigenvalue weighted by Crippen LogP contribution is -2.13. The number of hydrogen-bond acceptors (Lipinski definition) is 2.